The van der Waals surface area contributed by atoms with E-state index in [-0.39, 0.29) is 0 Å². The lowest BCUT2D eigenvalue weighted by Crippen LogP contribution is -1.86. The van der Waals surface area contributed by atoms with Crippen LogP contribution in [0.15, 0.2) is 79.4 Å². The van der Waals surface area contributed by atoms with Crippen LogP contribution in [0, 0.1) is 3.57 Å². The number of benzene rings is 2. The molecule has 100 valence electrons. The Morgan fingerprint density at radius 2 is 1.80 bits per heavy atom. The third-order valence-corrected chi connectivity index (χ3v) is 3.68. The smallest absolute Gasteiger partial charge is 0.0142 e. The summed E-state index contributed by atoms with van der Waals surface area (Å²) < 4.78 is 1.24. The van der Waals surface area contributed by atoms with Crippen LogP contribution in [0.4, 0.5) is 0 Å². The molecule has 0 bridgehead atoms. The summed E-state index contributed by atoms with van der Waals surface area (Å²) in [5.74, 6) is 0. The normalized spacial score (nSPS) is 11.8. The minimum atomic E-state index is 1.21. The molecule has 0 saturated carbocycles. The third-order valence-electron chi connectivity index (χ3n) is 3.06. The number of hydrogen-bond donors (Lipinski definition) is 0. The molecule has 0 spiro atoms. The molecule has 0 aliphatic carbocycles. The minimum absolute atomic E-state index is 1.21. The maximum Gasteiger partial charge on any atom is 0.0142 e. The molecule has 0 N–H and O–H groups in total. The monoisotopic (exact) mass is 372 g/mol. The van der Waals surface area contributed by atoms with Gasteiger partial charge in [0, 0.05) is 3.57 Å². The van der Waals surface area contributed by atoms with E-state index in [1.807, 2.05) is 12.1 Å². The van der Waals surface area contributed by atoms with Gasteiger partial charge in [-0.2, -0.15) is 0 Å². The van der Waals surface area contributed by atoms with Gasteiger partial charge >= 0.3 is 0 Å². The fraction of sp³-hybridized carbons (Fsp3) is 0.0526. The first-order valence-electron chi connectivity index (χ1n) is 6.56. The quantitative estimate of drug-likeness (QED) is 0.449. The summed E-state index contributed by atoms with van der Waals surface area (Å²) >= 11 is 2.37. The van der Waals surface area contributed by atoms with E-state index >= 15 is 0 Å². The first kappa shape index (κ1) is 14.8. The zero-order chi connectivity index (χ0) is 14.4. The van der Waals surface area contributed by atoms with Crippen LogP contribution in [0.5, 0.6) is 0 Å². The van der Waals surface area contributed by atoms with Crippen LogP contribution in [0.1, 0.15) is 12.5 Å². The topological polar surface area (TPSA) is 0 Å². The summed E-state index contributed by atoms with van der Waals surface area (Å²) in [6.07, 6.45) is 7.99. The van der Waals surface area contributed by atoms with E-state index in [9.17, 15) is 0 Å². The Bertz CT molecular complexity index is 649. The van der Waals surface area contributed by atoms with Gasteiger partial charge in [-0.3, -0.25) is 0 Å². The molecule has 0 aromatic heterocycles. The summed E-state index contributed by atoms with van der Waals surface area (Å²) in [4.78, 5) is 0. The van der Waals surface area contributed by atoms with Gasteiger partial charge in [0.1, 0.15) is 0 Å². The Morgan fingerprint density at radius 1 is 1.05 bits per heavy atom. The maximum atomic E-state index is 3.73. The predicted octanol–water partition coefficient (Wildman–Crippen LogP) is 6.10. The van der Waals surface area contributed by atoms with Crippen LogP contribution in [0.2, 0.25) is 0 Å². The largest absolute Gasteiger partial charge is 0.0991 e. The van der Waals surface area contributed by atoms with Gasteiger partial charge in [-0.05, 0) is 70.0 Å². The van der Waals surface area contributed by atoms with E-state index in [0.717, 1.165) is 0 Å². The Hall–Kier alpha value is -1.61. The fourth-order valence-electron chi connectivity index (χ4n) is 2.08. The molecule has 2 aromatic rings. The van der Waals surface area contributed by atoms with Crippen molar-refractivity contribution in [3.63, 3.8) is 0 Å². The molecule has 0 fully saturated rings. The molecule has 0 saturated heterocycles. The van der Waals surface area contributed by atoms with Crippen LogP contribution in [0.3, 0.4) is 0 Å². The van der Waals surface area contributed by atoms with Crippen molar-refractivity contribution < 1.29 is 0 Å². The van der Waals surface area contributed by atoms with Gasteiger partial charge in [0.05, 0.1) is 0 Å². The zero-order valence-corrected chi connectivity index (χ0v) is 13.7. The molecule has 0 atom stereocenters. The van der Waals surface area contributed by atoms with Gasteiger partial charge in [0.25, 0.3) is 0 Å². The molecule has 1 heteroatoms. The predicted molar refractivity (Wildman–Crippen MR) is 97.6 cm³/mol. The van der Waals surface area contributed by atoms with Crippen LogP contribution in [-0.4, -0.2) is 0 Å². The van der Waals surface area contributed by atoms with Crippen LogP contribution < -0.4 is 0 Å². The first-order valence-corrected chi connectivity index (χ1v) is 7.64. The Balaban J connectivity index is 2.49. The highest BCUT2D eigenvalue weighted by Crippen LogP contribution is 2.27. The highest BCUT2D eigenvalue weighted by molar-refractivity contribution is 14.1. The number of allylic oxidation sites excluding steroid dienone is 5. The lowest BCUT2D eigenvalue weighted by atomic mass is 9.98. The summed E-state index contributed by atoms with van der Waals surface area (Å²) in [6, 6.07) is 17.1. The lowest BCUT2D eigenvalue weighted by molar-refractivity contribution is 1.54. The average molecular weight is 372 g/mol. The molecular formula is C19H17I. The Morgan fingerprint density at radius 3 is 2.45 bits per heavy atom. The van der Waals surface area contributed by atoms with Gasteiger partial charge in [-0.1, -0.05) is 61.2 Å². The second-order valence-electron chi connectivity index (χ2n) is 4.43. The maximum absolute atomic E-state index is 3.73. The van der Waals surface area contributed by atoms with E-state index in [4.69, 9.17) is 0 Å². The second-order valence-corrected chi connectivity index (χ2v) is 5.68. The van der Waals surface area contributed by atoms with Gasteiger partial charge in [-0.25, -0.2) is 0 Å². The average Bonchev–Trinajstić information content (AvgIpc) is 2.48. The molecule has 0 aliphatic heterocycles. The fourth-order valence-corrected chi connectivity index (χ4v) is 2.76. The third kappa shape index (κ3) is 3.70. The van der Waals surface area contributed by atoms with E-state index in [0.29, 0.717) is 0 Å². The molecular weight excluding hydrogens is 355 g/mol. The Labute approximate surface area is 134 Å². The van der Waals surface area contributed by atoms with Gasteiger partial charge in [0.2, 0.25) is 0 Å². The van der Waals surface area contributed by atoms with Crippen LogP contribution in [-0.2, 0) is 0 Å². The van der Waals surface area contributed by atoms with Gasteiger partial charge in [-0.15, -0.1) is 0 Å². The molecule has 0 heterocycles. The summed E-state index contributed by atoms with van der Waals surface area (Å²) in [7, 11) is 0. The molecule has 0 amide bonds. The minimum Gasteiger partial charge on any atom is -0.0991 e. The molecule has 20 heavy (non-hydrogen) atoms. The first-order chi connectivity index (χ1) is 9.74. The van der Waals surface area contributed by atoms with Crippen molar-refractivity contribution in [2.75, 3.05) is 0 Å². The van der Waals surface area contributed by atoms with Crippen molar-refractivity contribution in [3.8, 4) is 11.1 Å². The van der Waals surface area contributed by atoms with Gasteiger partial charge in [0.15, 0.2) is 0 Å². The highest BCUT2D eigenvalue weighted by Gasteiger charge is 2.04. The number of hydrogen-bond acceptors (Lipinski definition) is 0. The summed E-state index contributed by atoms with van der Waals surface area (Å²) in [5.41, 5.74) is 4.94. The van der Waals surface area contributed by atoms with E-state index in [1.165, 1.54) is 25.8 Å². The lowest BCUT2D eigenvalue weighted by Gasteiger charge is -2.08. The Kier molecular flexibility index (Phi) is 5.36. The SMILES string of the molecule is C=C/C=C\C(=C/C)c1cc(I)cc(-c2ccccc2)c1. The van der Waals surface area contributed by atoms with Crippen molar-refractivity contribution in [2.45, 2.75) is 6.92 Å². The highest BCUT2D eigenvalue weighted by atomic mass is 127. The van der Waals surface area contributed by atoms with Crippen molar-refractivity contribution in [3.05, 3.63) is 88.5 Å². The molecule has 2 rings (SSSR count). The van der Waals surface area contributed by atoms with Crippen molar-refractivity contribution in [1.82, 2.24) is 0 Å². The van der Waals surface area contributed by atoms with Gasteiger partial charge < -0.3 is 0 Å². The molecule has 0 unspecified atom stereocenters. The molecule has 0 radical (unpaired) electrons. The zero-order valence-electron chi connectivity index (χ0n) is 11.5. The molecule has 2 aromatic carbocycles. The molecule has 0 aliphatic rings. The van der Waals surface area contributed by atoms with Crippen molar-refractivity contribution in [2.24, 2.45) is 0 Å². The van der Waals surface area contributed by atoms with E-state index < -0.39 is 0 Å². The van der Waals surface area contributed by atoms with Crippen molar-refractivity contribution >= 4 is 28.2 Å². The van der Waals surface area contributed by atoms with Crippen molar-refractivity contribution in [1.29, 1.82) is 0 Å². The number of halogens is 1. The standard InChI is InChI=1S/C19H17I/c1-3-5-9-15(4-2)17-12-18(14-19(20)13-17)16-10-7-6-8-11-16/h3-14H,1H2,2H3/b9-5-,15-4+. The van der Waals surface area contributed by atoms with Crippen LogP contribution >= 0.6 is 22.6 Å². The van der Waals surface area contributed by atoms with E-state index in [1.54, 1.807) is 6.08 Å². The summed E-state index contributed by atoms with van der Waals surface area (Å²) in [6.45, 7) is 5.79. The number of rotatable bonds is 4. The van der Waals surface area contributed by atoms with E-state index in [2.05, 4.69) is 90.7 Å². The molecule has 0 nitrogen and oxygen atoms in total. The van der Waals surface area contributed by atoms with Crippen LogP contribution in [0.25, 0.3) is 16.7 Å². The second kappa shape index (κ2) is 7.25. The summed E-state index contributed by atoms with van der Waals surface area (Å²) in [5, 5.41) is 0.